The summed E-state index contributed by atoms with van der Waals surface area (Å²) < 4.78 is 12.8. The average Bonchev–Trinajstić information content (AvgIpc) is 3.74. The van der Waals surface area contributed by atoms with Crippen LogP contribution in [0.15, 0.2) is 167 Å². The van der Waals surface area contributed by atoms with E-state index in [0.29, 0.717) is 0 Å². The molecule has 11 aromatic rings. The van der Waals surface area contributed by atoms with Gasteiger partial charge in [-0.1, -0.05) is 90.5 Å². The molecule has 0 amide bonds. The molecule has 0 saturated carbocycles. The fourth-order valence-corrected chi connectivity index (χ4v) is 7.98. The van der Waals surface area contributed by atoms with Gasteiger partial charge in [-0.2, -0.15) is 0 Å². The van der Waals surface area contributed by atoms with Crippen molar-refractivity contribution in [3.8, 4) is 33.5 Å². The first-order valence-electron chi connectivity index (χ1n) is 17.3. The molecular formula is C48H29NO2. The van der Waals surface area contributed by atoms with Gasteiger partial charge in [0.05, 0.1) is 5.69 Å². The lowest BCUT2D eigenvalue weighted by molar-refractivity contribution is 0.669. The largest absolute Gasteiger partial charge is 0.456 e. The molecule has 0 unspecified atom stereocenters. The van der Waals surface area contributed by atoms with Gasteiger partial charge in [0.25, 0.3) is 0 Å². The zero-order valence-corrected chi connectivity index (χ0v) is 27.8. The normalized spacial score (nSPS) is 12.0. The van der Waals surface area contributed by atoms with Gasteiger partial charge in [0.1, 0.15) is 22.3 Å². The molecule has 3 heteroatoms. The molecule has 0 aliphatic carbocycles. The van der Waals surface area contributed by atoms with E-state index in [2.05, 4.69) is 159 Å². The Morgan fingerprint density at radius 3 is 1.57 bits per heavy atom. The van der Waals surface area contributed by atoms with Gasteiger partial charge in [-0.15, -0.1) is 0 Å². The highest BCUT2D eigenvalue weighted by atomic mass is 16.3. The molecule has 0 aliphatic rings. The van der Waals surface area contributed by atoms with Crippen molar-refractivity contribution in [1.82, 2.24) is 4.98 Å². The topological polar surface area (TPSA) is 39.2 Å². The molecule has 238 valence electrons. The van der Waals surface area contributed by atoms with Gasteiger partial charge in [0, 0.05) is 33.3 Å². The van der Waals surface area contributed by atoms with Crippen LogP contribution in [-0.4, -0.2) is 4.98 Å². The lowest BCUT2D eigenvalue weighted by atomic mass is 9.93. The predicted molar refractivity (Wildman–Crippen MR) is 212 cm³/mol. The van der Waals surface area contributed by atoms with E-state index in [1.165, 1.54) is 49.0 Å². The highest BCUT2D eigenvalue weighted by molar-refractivity contribution is 6.28. The van der Waals surface area contributed by atoms with E-state index in [1.807, 2.05) is 6.20 Å². The molecule has 0 bridgehead atoms. The number of pyridine rings is 1. The Hall–Kier alpha value is -6.71. The van der Waals surface area contributed by atoms with Crippen LogP contribution in [0.5, 0.6) is 0 Å². The average molecular weight is 652 g/mol. The van der Waals surface area contributed by atoms with Crippen molar-refractivity contribution in [2.45, 2.75) is 6.92 Å². The zero-order chi connectivity index (χ0) is 33.6. The van der Waals surface area contributed by atoms with Gasteiger partial charge in [0.2, 0.25) is 0 Å². The van der Waals surface area contributed by atoms with Crippen LogP contribution in [0.4, 0.5) is 0 Å². The number of aromatic nitrogens is 1. The van der Waals surface area contributed by atoms with Crippen LogP contribution in [0.25, 0.3) is 110 Å². The summed E-state index contributed by atoms with van der Waals surface area (Å²) in [5.41, 5.74) is 11.3. The number of furan rings is 2. The highest BCUT2D eigenvalue weighted by Gasteiger charge is 2.15. The third kappa shape index (κ3) is 4.35. The summed E-state index contributed by atoms with van der Waals surface area (Å²) in [6.07, 6.45) is 1.89. The summed E-state index contributed by atoms with van der Waals surface area (Å²) in [6.45, 7) is 2.11. The molecule has 11 rings (SSSR count). The van der Waals surface area contributed by atoms with Gasteiger partial charge < -0.3 is 8.83 Å². The maximum absolute atomic E-state index is 6.60. The van der Waals surface area contributed by atoms with Crippen molar-refractivity contribution in [3.63, 3.8) is 0 Å². The Labute approximate surface area is 293 Å². The molecule has 3 nitrogen and oxygen atoms in total. The molecule has 3 heterocycles. The predicted octanol–water partition coefficient (Wildman–Crippen LogP) is 13.6. The van der Waals surface area contributed by atoms with Gasteiger partial charge in [-0.25, -0.2) is 0 Å². The summed E-state index contributed by atoms with van der Waals surface area (Å²) in [5.74, 6) is 0. The molecule has 0 N–H and O–H groups in total. The number of aryl methyl sites for hydroxylation is 1. The minimum Gasteiger partial charge on any atom is -0.456 e. The fraction of sp³-hybridized carbons (Fsp3) is 0.0208. The van der Waals surface area contributed by atoms with E-state index in [0.717, 1.165) is 66.3 Å². The summed E-state index contributed by atoms with van der Waals surface area (Å²) >= 11 is 0. The standard InChI is InChI=1S/C48H29NO2/c1-28-10-12-29(13-11-28)30-15-18-45-41(22-30)42-23-33(16-19-46(42)50-45)44-24-32(20-21-49-44)31-14-17-38-43-26-39-36-8-4-2-6-34(36)35-7-3-5-9-37(35)40(39)27-48(43)51-47(38)25-31/h2-27H,1H3. The lowest BCUT2D eigenvalue weighted by Crippen LogP contribution is -1.86. The minimum absolute atomic E-state index is 0.870. The first kappa shape index (κ1) is 28.2. The first-order chi connectivity index (χ1) is 25.1. The fourth-order valence-electron chi connectivity index (χ4n) is 7.98. The van der Waals surface area contributed by atoms with E-state index in [1.54, 1.807) is 0 Å². The van der Waals surface area contributed by atoms with Crippen LogP contribution >= 0.6 is 0 Å². The monoisotopic (exact) mass is 651 g/mol. The minimum atomic E-state index is 0.870. The summed E-state index contributed by atoms with van der Waals surface area (Å²) in [4.78, 5) is 4.80. The smallest absolute Gasteiger partial charge is 0.136 e. The van der Waals surface area contributed by atoms with Crippen molar-refractivity contribution >= 4 is 76.2 Å². The van der Waals surface area contributed by atoms with Gasteiger partial charge in [-0.3, -0.25) is 4.98 Å². The summed E-state index contributed by atoms with van der Waals surface area (Å²) in [5, 5.41) is 11.9. The molecule has 8 aromatic carbocycles. The SMILES string of the molecule is Cc1ccc(-c2ccc3oc4ccc(-c5cc(-c6ccc7c(c6)oc6cc8c9ccccc9c9ccccc9c8cc67)ccn5)cc4c3c2)cc1. The molecular weight excluding hydrogens is 623 g/mol. The summed E-state index contributed by atoms with van der Waals surface area (Å²) in [7, 11) is 0. The number of hydrogen-bond donors (Lipinski definition) is 0. The Morgan fingerprint density at radius 1 is 0.333 bits per heavy atom. The number of nitrogens with zero attached hydrogens (tertiary/aromatic N) is 1. The lowest BCUT2D eigenvalue weighted by Gasteiger charge is -2.10. The highest BCUT2D eigenvalue weighted by Crippen LogP contribution is 2.41. The molecule has 0 atom stereocenters. The molecule has 0 fully saturated rings. The molecule has 51 heavy (non-hydrogen) atoms. The van der Waals surface area contributed by atoms with E-state index in [-0.39, 0.29) is 0 Å². The van der Waals surface area contributed by atoms with Crippen LogP contribution < -0.4 is 0 Å². The van der Waals surface area contributed by atoms with Gasteiger partial charge in [-0.05, 0) is 128 Å². The van der Waals surface area contributed by atoms with E-state index >= 15 is 0 Å². The second-order valence-corrected chi connectivity index (χ2v) is 13.6. The Morgan fingerprint density at radius 2 is 0.843 bits per heavy atom. The molecule has 0 saturated heterocycles. The van der Waals surface area contributed by atoms with Crippen molar-refractivity contribution in [2.75, 3.05) is 0 Å². The maximum atomic E-state index is 6.60. The zero-order valence-electron chi connectivity index (χ0n) is 27.8. The third-order valence-corrected chi connectivity index (χ3v) is 10.6. The molecule has 0 radical (unpaired) electrons. The van der Waals surface area contributed by atoms with Crippen molar-refractivity contribution in [1.29, 1.82) is 0 Å². The number of rotatable bonds is 3. The van der Waals surface area contributed by atoms with Crippen LogP contribution in [-0.2, 0) is 0 Å². The van der Waals surface area contributed by atoms with E-state index in [9.17, 15) is 0 Å². The Bertz CT molecular complexity index is 3200. The van der Waals surface area contributed by atoms with Crippen molar-refractivity contribution in [2.24, 2.45) is 0 Å². The number of hydrogen-bond acceptors (Lipinski definition) is 3. The summed E-state index contributed by atoms with van der Waals surface area (Å²) in [6, 6.07) is 54.1. The molecule has 0 spiro atoms. The Balaban J connectivity index is 1.01. The first-order valence-corrected chi connectivity index (χ1v) is 17.3. The van der Waals surface area contributed by atoms with Crippen LogP contribution in [0, 0.1) is 6.92 Å². The Kier molecular flexibility index (Phi) is 5.88. The third-order valence-electron chi connectivity index (χ3n) is 10.6. The molecule has 3 aromatic heterocycles. The van der Waals surface area contributed by atoms with Crippen LogP contribution in [0.1, 0.15) is 5.56 Å². The van der Waals surface area contributed by atoms with Crippen molar-refractivity contribution < 1.29 is 8.83 Å². The van der Waals surface area contributed by atoms with Crippen LogP contribution in [0.2, 0.25) is 0 Å². The molecule has 0 aliphatic heterocycles. The number of benzene rings is 8. The van der Waals surface area contributed by atoms with Crippen molar-refractivity contribution in [3.05, 3.63) is 163 Å². The maximum Gasteiger partial charge on any atom is 0.136 e. The van der Waals surface area contributed by atoms with E-state index < -0.39 is 0 Å². The second kappa shape index (κ2) is 10.6. The van der Waals surface area contributed by atoms with Crippen LogP contribution in [0.3, 0.4) is 0 Å². The van der Waals surface area contributed by atoms with Gasteiger partial charge in [0.15, 0.2) is 0 Å². The van der Waals surface area contributed by atoms with E-state index in [4.69, 9.17) is 13.8 Å². The van der Waals surface area contributed by atoms with Gasteiger partial charge >= 0.3 is 0 Å². The quantitative estimate of drug-likeness (QED) is 0.178. The second-order valence-electron chi connectivity index (χ2n) is 13.6. The number of fused-ring (bicyclic) bond motifs is 12.